The number of benzene rings is 1. The van der Waals surface area contributed by atoms with Crippen molar-refractivity contribution in [2.75, 3.05) is 5.32 Å². The number of aromatic nitrogens is 1. The molecule has 0 amide bonds. The molecule has 2 aromatic rings. The first-order valence-corrected chi connectivity index (χ1v) is 6.44. The molecule has 0 spiro atoms. The zero-order valence-corrected chi connectivity index (χ0v) is 12.1. The van der Waals surface area contributed by atoms with Gasteiger partial charge in [0.1, 0.15) is 5.75 Å². The van der Waals surface area contributed by atoms with Gasteiger partial charge in [-0.05, 0) is 46.3 Å². The Labute approximate surface area is 125 Å². The summed E-state index contributed by atoms with van der Waals surface area (Å²) in [6.07, 6.45) is -3.17. The van der Waals surface area contributed by atoms with E-state index in [0.717, 1.165) is 4.47 Å². The van der Waals surface area contributed by atoms with Gasteiger partial charge in [0.2, 0.25) is 0 Å². The maximum Gasteiger partial charge on any atom is 0.573 e. The summed E-state index contributed by atoms with van der Waals surface area (Å²) in [5, 5.41) is 3.20. The number of rotatable bonds is 3. The minimum absolute atomic E-state index is 0.254. The molecule has 1 aromatic heterocycles. The lowest BCUT2D eigenvalue weighted by Gasteiger charge is -2.11. The van der Waals surface area contributed by atoms with Gasteiger partial charge in [-0.15, -0.1) is 13.2 Å². The molecule has 0 saturated carbocycles. The third-order valence-corrected chi connectivity index (χ3v) is 2.91. The second-order valence-corrected chi connectivity index (χ2v) is 4.96. The number of nitrogens with one attached hydrogen (secondary N) is 1. The molecule has 3 nitrogen and oxygen atoms in total. The molecular formula is C12H7BrClF3N2O. The smallest absolute Gasteiger partial charge is 0.406 e. The Kier molecular flexibility index (Phi) is 4.39. The van der Waals surface area contributed by atoms with Crippen LogP contribution in [0.2, 0.25) is 5.15 Å². The molecule has 0 fully saturated rings. The van der Waals surface area contributed by atoms with E-state index in [9.17, 15) is 13.2 Å². The van der Waals surface area contributed by atoms with Crippen molar-refractivity contribution in [2.24, 2.45) is 0 Å². The van der Waals surface area contributed by atoms with Gasteiger partial charge in [-0.1, -0.05) is 11.6 Å². The lowest BCUT2D eigenvalue weighted by atomic mass is 10.3. The van der Waals surface area contributed by atoms with Gasteiger partial charge in [0.25, 0.3) is 0 Å². The summed E-state index contributed by atoms with van der Waals surface area (Å²) in [6, 6.07) is 7.00. The zero-order valence-electron chi connectivity index (χ0n) is 9.71. The van der Waals surface area contributed by atoms with Crippen LogP contribution >= 0.6 is 27.5 Å². The fourth-order valence-electron chi connectivity index (χ4n) is 1.41. The minimum atomic E-state index is -4.70. The fourth-order valence-corrected chi connectivity index (χ4v) is 1.89. The lowest BCUT2D eigenvalue weighted by molar-refractivity contribution is -0.274. The standard InChI is InChI=1S/C12H7BrClF3N2O/c13-7-5-10(11(14)18-6-7)19-8-1-3-9(4-2-8)20-12(15,16)17/h1-6,19H. The molecule has 1 heterocycles. The summed E-state index contributed by atoms with van der Waals surface area (Å²) in [4.78, 5) is 3.92. The van der Waals surface area contributed by atoms with Crippen molar-refractivity contribution < 1.29 is 17.9 Å². The van der Waals surface area contributed by atoms with Crippen LogP contribution < -0.4 is 10.1 Å². The number of halogens is 5. The maximum absolute atomic E-state index is 12.0. The summed E-state index contributed by atoms with van der Waals surface area (Å²) in [7, 11) is 0. The van der Waals surface area contributed by atoms with Crippen LogP contribution in [-0.4, -0.2) is 11.3 Å². The van der Waals surface area contributed by atoms with Crippen LogP contribution in [0.5, 0.6) is 5.75 Å². The van der Waals surface area contributed by atoms with Crippen LogP contribution in [-0.2, 0) is 0 Å². The van der Waals surface area contributed by atoms with Gasteiger partial charge >= 0.3 is 6.36 Å². The second kappa shape index (κ2) is 5.88. The van der Waals surface area contributed by atoms with Crippen molar-refractivity contribution in [1.29, 1.82) is 0 Å². The molecule has 20 heavy (non-hydrogen) atoms. The zero-order chi connectivity index (χ0) is 14.8. The maximum atomic E-state index is 12.0. The van der Waals surface area contributed by atoms with Gasteiger partial charge in [-0.25, -0.2) is 4.98 Å². The van der Waals surface area contributed by atoms with E-state index < -0.39 is 6.36 Å². The van der Waals surface area contributed by atoms with E-state index in [0.29, 0.717) is 11.4 Å². The normalized spacial score (nSPS) is 11.2. The molecule has 1 aromatic carbocycles. The number of hydrogen-bond donors (Lipinski definition) is 1. The molecule has 8 heteroatoms. The summed E-state index contributed by atoms with van der Waals surface area (Å²) >= 11 is 9.14. The Morgan fingerprint density at radius 1 is 1.20 bits per heavy atom. The topological polar surface area (TPSA) is 34.1 Å². The van der Waals surface area contributed by atoms with Gasteiger partial charge in [0, 0.05) is 16.4 Å². The third-order valence-electron chi connectivity index (χ3n) is 2.17. The average Bonchev–Trinajstić information content (AvgIpc) is 2.34. The average molecular weight is 368 g/mol. The van der Waals surface area contributed by atoms with E-state index in [-0.39, 0.29) is 10.9 Å². The van der Waals surface area contributed by atoms with Crippen molar-refractivity contribution in [3.8, 4) is 5.75 Å². The molecule has 1 N–H and O–H groups in total. The highest BCUT2D eigenvalue weighted by atomic mass is 79.9. The van der Waals surface area contributed by atoms with Crippen molar-refractivity contribution in [3.05, 3.63) is 46.2 Å². The van der Waals surface area contributed by atoms with E-state index >= 15 is 0 Å². The Balaban J connectivity index is 2.13. The molecule has 0 unspecified atom stereocenters. The van der Waals surface area contributed by atoms with Crippen LogP contribution in [0, 0.1) is 0 Å². The van der Waals surface area contributed by atoms with Crippen molar-refractivity contribution in [1.82, 2.24) is 4.98 Å². The van der Waals surface area contributed by atoms with E-state index in [2.05, 4.69) is 31.0 Å². The summed E-state index contributed by atoms with van der Waals surface area (Å²) in [6.45, 7) is 0. The van der Waals surface area contributed by atoms with Crippen LogP contribution in [0.1, 0.15) is 0 Å². The Hall–Kier alpha value is -1.47. The number of anilines is 2. The molecule has 0 bridgehead atoms. The lowest BCUT2D eigenvalue weighted by Crippen LogP contribution is -2.16. The van der Waals surface area contributed by atoms with Crippen molar-refractivity contribution >= 4 is 38.9 Å². The summed E-state index contributed by atoms with van der Waals surface area (Å²) < 4.78 is 40.6. The first kappa shape index (κ1) is 14.9. The highest BCUT2D eigenvalue weighted by Crippen LogP contribution is 2.28. The Morgan fingerprint density at radius 2 is 1.85 bits per heavy atom. The largest absolute Gasteiger partial charge is 0.573 e. The monoisotopic (exact) mass is 366 g/mol. The van der Waals surface area contributed by atoms with Crippen LogP contribution in [0.25, 0.3) is 0 Å². The first-order valence-electron chi connectivity index (χ1n) is 5.27. The highest BCUT2D eigenvalue weighted by Gasteiger charge is 2.30. The first-order chi connectivity index (χ1) is 9.33. The SMILES string of the molecule is FC(F)(F)Oc1ccc(Nc2cc(Br)cnc2Cl)cc1. The molecule has 0 aliphatic carbocycles. The molecule has 0 radical (unpaired) electrons. The van der Waals surface area contributed by atoms with Gasteiger partial charge in [-0.2, -0.15) is 0 Å². The van der Waals surface area contributed by atoms with E-state index in [1.54, 1.807) is 6.07 Å². The molecule has 0 aliphatic heterocycles. The van der Waals surface area contributed by atoms with E-state index in [4.69, 9.17) is 11.6 Å². The van der Waals surface area contributed by atoms with Crippen molar-refractivity contribution in [3.63, 3.8) is 0 Å². The van der Waals surface area contributed by atoms with Crippen LogP contribution in [0.3, 0.4) is 0 Å². The number of nitrogens with zero attached hydrogens (tertiary/aromatic N) is 1. The highest BCUT2D eigenvalue weighted by molar-refractivity contribution is 9.10. The van der Waals surface area contributed by atoms with Gasteiger partial charge in [0.05, 0.1) is 5.69 Å². The molecule has 0 saturated heterocycles. The van der Waals surface area contributed by atoms with Crippen molar-refractivity contribution in [2.45, 2.75) is 6.36 Å². The summed E-state index contributed by atoms with van der Waals surface area (Å²) in [5.41, 5.74) is 1.09. The number of pyridine rings is 1. The Bertz CT molecular complexity index is 605. The Morgan fingerprint density at radius 3 is 2.45 bits per heavy atom. The van der Waals surface area contributed by atoms with Gasteiger partial charge in [0.15, 0.2) is 5.15 Å². The van der Waals surface area contributed by atoms with Gasteiger partial charge in [-0.3, -0.25) is 0 Å². The van der Waals surface area contributed by atoms with Crippen LogP contribution in [0.15, 0.2) is 41.0 Å². The molecule has 0 atom stereocenters. The summed E-state index contributed by atoms with van der Waals surface area (Å²) in [5.74, 6) is -0.290. The number of ether oxygens (including phenoxy) is 1. The fraction of sp³-hybridized carbons (Fsp3) is 0.0833. The van der Waals surface area contributed by atoms with Crippen LogP contribution in [0.4, 0.5) is 24.5 Å². The predicted octanol–water partition coefficient (Wildman–Crippen LogP) is 5.14. The molecule has 106 valence electrons. The minimum Gasteiger partial charge on any atom is -0.406 e. The third kappa shape index (κ3) is 4.28. The van der Waals surface area contributed by atoms with Gasteiger partial charge < -0.3 is 10.1 Å². The predicted molar refractivity (Wildman–Crippen MR) is 73.4 cm³/mol. The number of hydrogen-bond acceptors (Lipinski definition) is 3. The number of alkyl halides is 3. The molecule has 2 rings (SSSR count). The molecule has 0 aliphatic rings. The van der Waals surface area contributed by atoms with E-state index in [1.807, 2.05) is 0 Å². The quantitative estimate of drug-likeness (QED) is 0.763. The molecular weight excluding hydrogens is 360 g/mol. The second-order valence-electron chi connectivity index (χ2n) is 3.69. The van der Waals surface area contributed by atoms with E-state index in [1.165, 1.54) is 30.5 Å².